The summed E-state index contributed by atoms with van der Waals surface area (Å²) in [5.41, 5.74) is 1.79. The first-order valence-electron chi connectivity index (χ1n) is 8.48. The molecule has 2 heterocycles. The van der Waals surface area contributed by atoms with E-state index in [0.29, 0.717) is 29.3 Å². The number of terminal acetylenes is 1. The lowest BCUT2D eigenvalue weighted by atomic mass is 10.1. The zero-order chi connectivity index (χ0) is 18.2. The lowest BCUT2D eigenvalue weighted by molar-refractivity contribution is 0.0383. The molecule has 1 aliphatic rings. The van der Waals surface area contributed by atoms with Gasteiger partial charge < -0.3 is 15.4 Å². The Morgan fingerprint density at radius 2 is 2.00 bits per heavy atom. The Morgan fingerprint density at radius 1 is 1.23 bits per heavy atom. The summed E-state index contributed by atoms with van der Waals surface area (Å²) in [6, 6.07) is 6.94. The van der Waals surface area contributed by atoms with Crippen molar-refractivity contribution in [3.05, 3.63) is 47.8 Å². The number of anilines is 2. The molecule has 1 amide bonds. The van der Waals surface area contributed by atoms with Gasteiger partial charge in [0.15, 0.2) is 0 Å². The van der Waals surface area contributed by atoms with Crippen molar-refractivity contribution < 1.29 is 9.53 Å². The molecule has 1 aromatic carbocycles. The minimum Gasteiger partial charge on any atom is -0.379 e. The van der Waals surface area contributed by atoms with E-state index in [4.69, 9.17) is 11.2 Å². The summed E-state index contributed by atoms with van der Waals surface area (Å²) in [5, 5.41) is 6.00. The highest BCUT2D eigenvalue weighted by Crippen LogP contribution is 2.17. The van der Waals surface area contributed by atoms with Crippen LogP contribution < -0.4 is 10.6 Å². The number of aromatic nitrogens is 2. The average Bonchev–Trinajstić information content (AvgIpc) is 2.69. The molecule has 7 nitrogen and oxygen atoms in total. The number of nitrogens with zero attached hydrogens (tertiary/aromatic N) is 3. The van der Waals surface area contributed by atoms with Gasteiger partial charge in [0, 0.05) is 55.4 Å². The fraction of sp³-hybridized carbons (Fsp3) is 0.316. The summed E-state index contributed by atoms with van der Waals surface area (Å²) in [6.45, 7) is 4.65. The first-order valence-corrected chi connectivity index (χ1v) is 8.48. The molecule has 0 atom stereocenters. The van der Waals surface area contributed by atoms with Crippen LogP contribution in [0.4, 0.5) is 11.6 Å². The van der Waals surface area contributed by atoms with Crippen molar-refractivity contribution in [1.82, 2.24) is 20.2 Å². The van der Waals surface area contributed by atoms with E-state index in [2.05, 4.69) is 31.4 Å². The van der Waals surface area contributed by atoms with Crippen molar-refractivity contribution in [3.63, 3.8) is 0 Å². The van der Waals surface area contributed by atoms with Gasteiger partial charge in [0.05, 0.1) is 13.2 Å². The molecule has 134 valence electrons. The molecular weight excluding hydrogens is 330 g/mol. The molecule has 1 saturated heterocycles. The molecular formula is C19H21N5O2. The highest BCUT2D eigenvalue weighted by molar-refractivity contribution is 5.95. The SMILES string of the molecule is C#Cc1cc(Nc2ncccn2)cc(C(=O)NCCN2CCOCC2)c1. The predicted octanol–water partition coefficient (Wildman–Crippen LogP) is 1.26. The Balaban J connectivity index is 1.63. The van der Waals surface area contributed by atoms with Crippen molar-refractivity contribution in [1.29, 1.82) is 0 Å². The van der Waals surface area contributed by atoms with Gasteiger partial charge in [0.1, 0.15) is 0 Å². The van der Waals surface area contributed by atoms with Crippen LogP contribution in [0, 0.1) is 12.3 Å². The number of ether oxygens (including phenoxy) is 1. The maximum absolute atomic E-state index is 12.5. The number of amides is 1. The number of benzene rings is 1. The fourth-order valence-corrected chi connectivity index (χ4v) is 2.66. The molecule has 3 rings (SSSR count). The summed E-state index contributed by atoms with van der Waals surface area (Å²) in [6.07, 6.45) is 8.80. The van der Waals surface area contributed by atoms with Crippen LogP contribution in [0.5, 0.6) is 0 Å². The summed E-state index contributed by atoms with van der Waals surface area (Å²) < 4.78 is 5.32. The standard InChI is InChI=1S/C19H21N5O2/c1-2-15-12-16(14-17(13-15)23-19-21-4-3-5-22-19)18(25)20-6-7-24-8-10-26-11-9-24/h1,3-5,12-14H,6-11H2,(H,20,25)(H,21,22,23). The topological polar surface area (TPSA) is 79.4 Å². The van der Waals surface area contributed by atoms with Gasteiger partial charge in [-0.25, -0.2) is 9.97 Å². The van der Waals surface area contributed by atoms with E-state index < -0.39 is 0 Å². The van der Waals surface area contributed by atoms with Gasteiger partial charge in [-0.1, -0.05) is 5.92 Å². The molecule has 0 saturated carbocycles. The number of hydrogen-bond donors (Lipinski definition) is 2. The van der Waals surface area contributed by atoms with E-state index in [1.165, 1.54) is 0 Å². The molecule has 26 heavy (non-hydrogen) atoms. The third kappa shape index (κ3) is 5.02. The second-order valence-electron chi connectivity index (χ2n) is 5.85. The zero-order valence-corrected chi connectivity index (χ0v) is 14.4. The third-order valence-corrected chi connectivity index (χ3v) is 4.00. The molecule has 0 radical (unpaired) electrons. The second-order valence-corrected chi connectivity index (χ2v) is 5.85. The maximum atomic E-state index is 12.5. The van der Waals surface area contributed by atoms with Gasteiger partial charge >= 0.3 is 0 Å². The highest BCUT2D eigenvalue weighted by Gasteiger charge is 2.12. The van der Waals surface area contributed by atoms with Crippen LogP contribution in [0.2, 0.25) is 0 Å². The molecule has 0 aliphatic carbocycles. The number of morpholine rings is 1. The van der Waals surface area contributed by atoms with E-state index in [9.17, 15) is 4.79 Å². The third-order valence-electron chi connectivity index (χ3n) is 4.00. The van der Waals surface area contributed by atoms with E-state index in [1.807, 2.05) is 0 Å². The molecule has 1 aromatic heterocycles. The Hall–Kier alpha value is -2.95. The van der Waals surface area contributed by atoms with Crippen LogP contribution in [0.1, 0.15) is 15.9 Å². The Bertz CT molecular complexity index is 782. The average molecular weight is 351 g/mol. The predicted molar refractivity (Wildman–Crippen MR) is 99.3 cm³/mol. The molecule has 1 fully saturated rings. The zero-order valence-electron chi connectivity index (χ0n) is 14.4. The lowest BCUT2D eigenvalue weighted by Crippen LogP contribution is -2.41. The van der Waals surface area contributed by atoms with Gasteiger partial charge in [-0.05, 0) is 24.3 Å². The van der Waals surface area contributed by atoms with Crippen LogP contribution in [0.3, 0.4) is 0 Å². The molecule has 2 N–H and O–H groups in total. The summed E-state index contributed by atoms with van der Waals surface area (Å²) in [4.78, 5) is 23.0. The van der Waals surface area contributed by atoms with Gasteiger partial charge in [0.25, 0.3) is 5.91 Å². The van der Waals surface area contributed by atoms with Crippen LogP contribution in [-0.4, -0.2) is 60.2 Å². The van der Waals surface area contributed by atoms with Crippen LogP contribution >= 0.6 is 0 Å². The van der Waals surface area contributed by atoms with Gasteiger partial charge in [-0.2, -0.15) is 0 Å². The minimum atomic E-state index is -0.160. The Morgan fingerprint density at radius 3 is 2.73 bits per heavy atom. The molecule has 1 aliphatic heterocycles. The van der Waals surface area contributed by atoms with Gasteiger partial charge in [0.2, 0.25) is 5.95 Å². The summed E-state index contributed by atoms with van der Waals surface area (Å²) in [5.74, 6) is 2.86. The van der Waals surface area contributed by atoms with Crippen molar-refractivity contribution in [3.8, 4) is 12.3 Å². The fourth-order valence-electron chi connectivity index (χ4n) is 2.66. The molecule has 0 unspecified atom stereocenters. The first kappa shape index (κ1) is 17.9. The smallest absolute Gasteiger partial charge is 0.251 e. The molecule has 0 spiro atoms. The van der Waals surface area contributed by atoms with Crippen molar-refractivity contribution >= 4 is 17.5 Å². The Labute approximate surface area is 152 Å². The van der Waals surface area contributed by atoms with Crippen molar-refractivity contribution in [2.75, 3.05) is 44.7 Å². The number of carbonyl (C=O) groups is 1. The van der Waals surface area contributed by atoms with E-state index >= 15 is 0 Å². The largest absolute Gasteiger partial charge is 0.379 e. The quantitative estimate of drug-likeness (QED) is 0.763. The van der Waals surface area contributed by atoms with Gasteiger partial charge in [-0.15, -0.1) is 6.42 Å². The summed E-state index contributed by atoms with van der Waals surface area (Å²) in [7, 11) is 0. The molecule has 0 bridgehead atoms. The molecule has 7 heteroatoms. The normalized spacial score (nSPS) is 14.4. The first-order chi connectivity index (χ1) is 12.7. The lowest BCUT2D eigenvalue weighted by Gasteiger charge is -2.26. The van der Waals surface area contributed by atoms with Crippen molar-refractivity contribution in [2.24, 2.45) is 0 Å². The van der Waals surface area contributed by atoms with E-state index in [-0.39, 0.29) is 5.91 Å². The Kier molecular flexibility index (Phi) is 6.14. The summed E-state index contributed by atoms with van der Waals surface area (Å²) >= 11 is 0. The monoisotopic (exact) mass is 351 g/mol. The van der Waals surface area contributed by atoms with Gasteiger partial charge in [-0.3, -0.25) is 9.69 Å². The second kappa shape index (κ2) is 8.94. The number of hydrogen-bond acceptors (Lipinski definition) is 6. The van der Waals surface area contributed by atoms with Crippen LogP contribution in [-0.2, 0) is 4.74 Å². The van der Waals surface area contributed by atoms with E-state index in [1.54, 1.807) is 36.7 Å². The van der Waals surface area contributed by atoms with Crippen LogP contribution in [0.15, 0.2) is 36.7 Å². The number of carbonyl (C=O) groups excluding carboxylic acids is 1. The highest BCUT2D eigenvalue weighted by atomic mass is 16.5. The van der Waals surface area contributed by atoms with Crippen molar-refractivity contribution in [2.45, 2.75) is 0 Å². The molecule has 2 aromatic rings. The van der Waals surface area contributed by atoms with E-state index in [0.717, 1.165) is 32.8 Å². The van der Waals surface area contributed by atoms with Crippen LogP contribution in [0.25, 0.3) is 0 Å². The maximum Gasteiger partial charge on any atom is 0.251 e. The number of rotatable bonds is 6. The number of nitrogens with one attached hydrogen (secondary N) is 2. The minimum absolute atomic E-state index is 0.160.